The van der Waals surface area contributed by atoms with Crippen molar-refractivity contribution in [2.45, 2.75) is 18.9 Å². The third kappa shape index (κ3) is 1.99. The molecule has 2 N–H and O–H groups in total. The van der Waals surface area contributed by atoms with Crippen molar-refractivity contribution in [3.63, 3.8) is 0 Å². The number of aromatic nitrogens is 2. The molecule has 1 aliphatic rings. The van der Waals surface area contributed by atoms with Crippen LogP contribution in [0.2, 0.25) is 0 Å². The first kappa shape index (κ1) is 11.3. The van der Waals surface area contributed by atoms with E-state index >= 15 is 0 Å². The van der Waals surface area contributed by atoms with E-state index < -0.39 is 0 Å². The van der Waals surface area contributed by atoms with Gasteiger partial charge in [0, 0.05) is 18.7 Å². The topological polar surface area (TPSA) is 49.9 Å². The largest absolute Gasteiger partial charge is 0.491 e. The molecular weight excluding hydrogens is 226 g/mol. The highest BCUT2D eigenvalue weighted by atomic mass is 16.5. The first-order chi connectivity index (χ1) is 8.78. The number of benzene rings is 1. The van der Waals surface area contributed by atoms with E-state index in [1.165, 1.54) is 5.69 Å². The van der Waals surface area contributed by atoms with Gasteiger partial charge >= 0.3 is 0 Å². The second-order valence-electron chi connectivity index (χ2n) is 4.84. The summed E-state index contributed by atoms with van der Waals surface area (Å²) in [7, 11) is 0. The first-order valence-corrected chi connectivity index (χ1v) is 6.23. The second kappa shape index (κ2) is 4.46. The lowest BCUT2D eigenvalue weighted by atomic mass is 9.92. The van der Waals surface area contributed by atoms with Crippen molar-refractivity contribution in [3.05, 3.63) is 48.0 Å². The van der Waals surface area contributed by atoms with E-state index in [1.807, 2.05) is 30.3 Å². The van der Waals surface area contributed by atoms with Crippen molar-refractivity contribution in [1.82, 2.24) is 15.3 Å². The molecule has 0 saturated heterocycles. The summed E-state index contributed by atoms with van der Waals surface area (Å²) in [6.45, 7) is 3.66. The Morgan fingerprint density at radius 3 is 3.00 bits per heavy atom. The van der Waals surface area contributed by atoms with Crippen molar-refractivity contribution >= 4 is 0 Å². The summed E-state index contributed by atoms with van der Waals surface area (Å²) in [5, 5.41) is 3.50. The van der Waals surface area contributed by atoms with Crippen LogP contribution >= 0.6 is 0 Å². The quantitative estimate of drug-likeness (QED) is 0.865. The lowest BCUT2D eigenvalue weighted by Gasteiger charge is -2.33. The van der Waals surface area contributed by atoms with Crippen LogP contribution in [-0.2, 0) is 12.0 Å². The van der Waals surface area contributed by atoms with Crippen LogP contribution in [0.15, 0.2) is 36.7 Å². The fraction of sp³-hybridized carbons (Fsp3) is 0.357. The molecule has 0 spiro atoms. The van der Waals surface area contributed by atoms with Gasteiger partial charge < -0.3 is 15.0 Å². The monoisotopic (exact) mass is 243 g/mol. The van der Waals surface area contributed by atoms with Crippen molar-refractivity contribution in [2.24, 2.45) is 0 Å². The van der Waals surface area contributed by atoms with E-state index in [2.05, 4.69) is 22.2 Å². The number of nitrogens with zero attached hydrogens (tertiary/aromatic N) is 1. The zero-order valence-corrected chi connectivity index (χ0v) is 10.4. The van der Waals surface area contributed by atoms with Crippen LogP contribution < -0.4 is 10.1 Å². The minimum Gasteiger partial charge on any atom is -0.491 e. The van der Waals surface area contributed by atoms with Crippen LogP contribution in [0.1, 0.15) is 18.3 Å². The minimum atomic E-state index is -0.219. The number of imidazole rings is 1. The van der Waals surface area contributed by atoms with Gasteiger partial charge in [-0.25, -0.2) is 4.98 Å². The number of nitrogens with one attached hydrogen (secondary N) is 2. The summed E-state index contributed by atoms with van der Waals surface area (Å²) in [5.41, 5.74) is 2.07. The number of ether oxygens (including phenoxy) is 1. The molecule has 1 aliphatic heterocycles. The Balaban J connectivity index is 1.77. The molecule has 1 aromatic heterocycles. The Bertz CT molecular complexity index is 523. The van der Waals surface area contributed by atoms with Gasteiger partial charge in [0.25, 0.3) is 0 Å². The Morgan fingerprint density at radius 2 is 2.17 bits per heavy atom. The molecule has 4 heteroatoms. The van der Waals surface area contributed by atoms with Crippen LogP contribution in [0.3, 0.4) is 0 Å². The molecule has 1 aromatic carbocycles. The summed E-state index contributed by atoms with van der Waals surface area (Å²) < 4.78 is 5.86. The lowest BCUT2D eigenvalue weighted by Crippen LogP contribution is -2.49. The highest BCUT2D eigenvalue weighted by Crippen LogP contribution is 2.26. The Labute approximate surface area is 106 Å². The van der Waals surface area contributed by atoms with Gasteiger partial charge in [-0.3, -0.25) is 0 Å². The fourth-order valence-corrected chi connectivity index (χ4v) is 2.40. The van der Waals surface area contributed by atoms with Crippen molar-refractivity contribution < 1.29 is 4.74 Å². The Hall–Kier alpha value is -1.81. The highest BCUT2D eigenvalue weighted by Gasteiger charge is 2.34. The summed E-state index contributed by atoms with van der Waals surface area (Å²) in [5.74, 6) is 0.892. The average molecular weight is 243 g/mol. The molecule has 0 saturated carbocycles. The molecule has 0 bridgehead atoms. The predicted molar refractivity (Wildman–Crippen MR) is 69.6 cm³/mol. The summed E-state index contributed by atoms with van der Waals surface area (Å²) in [4.78, 5) is 7.63. The molecule has 18 heavy (non-hydrogen) atoms. The third-order valence-electron chi connectivity index (χ3n) is 3.40. The Kier molecular flexibility index (Phi) is 2.80. The molecule has 0 radical (unpaired) electrons. The number of aromatic amines is 1. The molecule has 94 valence electrons. The van der Waals surface area contributed by atoms with Crippen LogP contribution in [0.25, 0.3) is 0 Å². The van der Waals surface area contributed by atoms with Crippen molar-refractivity contribution in [1.29, 1.82) is 0 Å². The predicted octanol–water partition coefficient (Wildman–Crippen LogP) is 1.85. The molecule has 3 rings (SSSR count). The number of para-hydroxylation sites is 1. The highest BCUT2D eigenvalue weighted by molar-refractivity contribution is 5.26. The summed E-state index contributed by atoms with van der Waals surface area (Å²) in [6, 6.07) is 9.88. The number of rotatable bonds is 3. The molecule has 0 aliphatic carbocycles. The van der Waals surface area contributed by atoms with Crippen LogP contribution in [0.4, 0.5) is 0 Å². The molecule has 4 nitrogen and oxygen atoms in total. The first-order valence-electron chi connectivity index (χ1n) is 6.23. The van der Waals surface area contributed by atoms with E-state index in [0.717, 1.165) is 24.4 Å². The van der Waals surface area contributed by atoms with Crippen molar-refractivity contribution in [3.8, 4) is 5.75 Å². The van der Waals surface area contributed by atoms with Crippen molar-refractivity contribution in [2.75, 3.05) is 13.2 Å². The van der Waals surface area contributed by atoms with Gasteiger partial charge in [0.15, 0.2) is 0 Å². The van der Waals surface area contributed by atoms with Gasteiger partial charge in [0.1, 0.15) is 12.4 Å². The van der Waals surface area contributed by atoms with E-state index in [1.54, 1.807) is 6.33 Å². The normalized spacial score (nSPS) is 22.5. The van der Waals surface area contributed by atoms with Crippen LogP contribution in [0.5, 0.6) is 5.75 Å². The number of fused-ring (bicyclic) bond motifs is 1. The fourth-order valence-electron chi connectivity index (χ4n) is 2.40. The SMILES string of the molecule is C[C@@]1(COc2ccccc2)NCCc2[nH]cnc21. The molecule has 2 heterocycles. The smallest absolute Gasteiger partial charge is 0.119 e. The van der Waals surface area contributed by atoms with Gasteiger partial charge in [-0.05, 0) is 19.1 Å². The molecular formula is C14H17N3O. The standard InChI is InChI=1S/C14H17N3O/c1-14(9-18-11-5-3-2-4-6-11)13-12(7-8-17-14)15-10-16-13/h2-6,10,17H,7-9H2,1H3,(H,15,16)/t14-/m0/s1. The third-order valence-corrected chi connectivity index (χ3v) is 3.40. The maximum Gasteiger partial charge on any atom is 0.119 e. The molecule has 2 aromatic rings. The van der Waals surface area contributed by atoms with E-state index in [9.17, 15) is 0 Å². The molecule has 0 amide bonds. The maximum atomic E-state index is 5.86. The van der Waals surface area contributed by atoms with Gasteiger partial charge in [-0.2, -0.15) is 0 Å². The summed E-state index contributed by atoms with van der Waals surface area (Å²) in [6.07, 6.45) is 2.76. The second-order valence-corrected chi connectivity index (χ2v) is 4.84. The van der Waals surface area contributed by atoms with E-state index in [0.29, 0.717) is 6.61 Å². The van der Waals surface area contributed by atoms with Crippen LogP contribution in [0, 0.1) is 0 Å². The lowest BCUT2D eigenvalue weighted by molar-refractivity contribution is 0.184. The average Bonchev–Trinajstić information content (AvgIpc) is 2.88. The number of H-pyrrole nitrogens is 1. The maximum absolute atomic E-state index is 5.86. The number of hydrogen-bond donors (Lipinski definition) is 2. The molecule has 0 unspecified atom stereocenters. The molecule has 0 fully saturated rings. The minimum absolute atomic E-state index is 0.219. The molecule has 1 atom stereocenters. The van der Waals surface area contributed by atoms with Gasteiger partial charge in [0.2, 0.25) is 0 Å². The van der Waals surface area contributed by atoms with Crippen LogP contribution in [-0.4, -0.2) is 23.1 Å². The van der Waals surface area contributed by atoms with E-state index in [4.69, 9.17) is 4.74 Å². The van der Waals surface area contributed by atoms with Gasteiger partial charge in [-0.15, -0.1) is 0 Å². The van der Waals surface area contributed by atoms with E-state index in [-0.39, 0.29) is 5.54 Å². The zero-order valence-electron chi connectivity index (χ0n) is 10.4. The summed E-state index contributed by atoms with van der Waals surface area (Å²) >= 11 is 0. The Morgan fingerprint density at radius 1 is 1.33 bits per heavy atom. The number of hydrogen-bond acceptors (Lipinski definition) is 3. The van der Waals surface area contributed by atoms with Gasteiger partial charge in [0.05, 0.1) is 17.6 Å². The van der Waals surface area contributed by atoms with Gasteiger partial charge in [-0.1, -0.05) is 18.2 Å². The zero-order chi connectivity index (χ0) is 12.4.